The average molecular weight is 864 g/mol. The summed E-state index contributed by atoms with van der Waals surface area (Å²) in [5.74, 6) is 4.27. The molecule has 0 aliphatic carbocycles. The van der Waals surface area contributed by atoms with Gasteiger partial charge in [0.05, 0.1) is 51.6 Å². The lowest BCUT2D eigenvalue weighted by molar-refractivity contribution is 0.380. The van der Waals surface area contributed by atoms with Crippen LogP contribution < -0.4 is 28.4 Å². The summed E-state index contributed by atoms with van der Waals surface area (Å²) in [5.41, 5.74) is 6.46. The van der Waals surface area contributed by atoms with E-state index in [0.717, 1.165) is 66.2 Å². The van der Waals surface area contributed by atoms with Gasteiger partial charge < -0.3 is 28.4 Å². The number of hydrogen-bond donors (Lipinski definition) is 0. The molecule has 49 heavy (non-hydrogen) atoms. The maximum atomic E-state index is 6.16. The molecule has 6 nitrogen and oxygen atoms in total. The monoisotopic (exact) mass is 860 g/mol. The van der Waals surface area contributed by atoms with Gasteiger partial charge in [-0.3, -0.25) is 0 Å². The predicted molar refractivity (Wildman–Crippen MR) is 212 cm³/mol. The van der Waals surface area contributed by atoms with E-state index in [9.17, 15) is 0 Å². The lowest BCUT2D eigenvalue weighted by atomic mass is 9.72. The van der Waals surface area contributed by atoms with Crippen LogP contribution in [0.4, 0.5) is 0 Å². The highest BCUT2D eigenvalue weighted by Gasteiger charge is 2.36. The lowest BCUT2D eigenvalue weighted by Crippen LogP contribution is -2.19. The highest BCUT2D eigenvalue weighted by Crippen LogP contribution is 2.54. The Morgan fingerprint density at radius 2 is 1.06 bits per heavy atom. The first kappa shape index (κ1) is 41.8. The van der Waals surface area contributed by atoms with Crippen LogP contribution >= 0.6 is 47.8 Å². The van der Waals surface area contributed by atoms with E-state index in [1.165, 1.54) is 5.56 Å². The number of rotatable bonds is 14. The van der Waals surface area contributed by atoms with Gasteiger partial charge in [0.25, 0.3) is 0 Å². The number of halogens is 3. The van der Waals surface area contributed by atoms with E-state index in [-0.39, 0.29) is 11.8 Å². The smallest absolute Gasteiger partial charge is 0.137 e. The molecule has 4 rings (SSSR count). The molecule has 4 aromatic rings. The highest BCUT2D eigenvalue weighted by molar-refractivity contribution is 9.11. The summed E-state index contributed by atoms with van der Waals surface area (Å²) in [5, 5.41) is 0.568. The van der Waals surface area contributed by atoms with Crippen molar-refractivity contribution in [2.75, 3.05) is 42.7 Å². The molecule has 0 amide bonds. The standard InChI is InChI=1S/C36H39Br3O6.C2H6.C2H2/c1-8-25(22-11-15-24(41-3)16-12-22)33(32-27(20-37)35(38)30(44-6)19-29(32)43-5)34-26(17-21-9-13-23(40-2)14-10-21)28(42-4)18-31(45-7)36(34)39;2*1-2/h9-16,18-19,25,33H,8,17,20H2,1-7H3;1-2H3;1-2H. The molecule has 0 saturated carbocycles. The second-order valence-corrected chi connectivity index (χ2v) is 12.5. The Bertz CT molecular complexity index is 1640. The highest BCUT2D eigenvalue weighted by atomic mass is 79.9. The van der Waals surface area contributed by atoms with Crippen LogP contribution in [0.1, 0.15) is 72.4 Å². The molecule has 0 spiro atoms. The Hall–Kier alpha value is -3.32. The van der Waals surface area contributed by atoms with Gasteiger partial charge in [-0.05, 0) is 90.7 Å². The van der Waals surface area contributed by atoms with Crippen LogP contribution in [0.5, 0.6) is 34.5 Å². The molecule has 0 fully saturated rings. The third kappa shape index (κ3) is 9.48. The molecule has 0 bridgehead atoms. The Kier molecular flexibility index (Phi) is 18.0. The topological polar surface area (TPSA) is 55.4 Å². The molecule has 0 heterocycles. The zero-order chi connectivity index (χ0) is 36.7. The summed E-state index contributed by atoms with van der Waals surface area (Å²) < 4.78 is 36.6. The minimum absolute atomic E-state index is 0.0191. The third-order valence-corrected chi connectivity index (χ3v) is 10.5. The minimum Gasteiger partial charge on any atom is -0.497 e. The van der Waals surface area contributed by atoms with Gasteiger partial charge in [0.1, 0.15) is 34.5 Å². The van der Waals surface area contributed by atoms with Crippen LogP contribution in [0, 0.1) is 12.8 Å². The van der Waals surface area contributed by atoms with E-state index in [0.29, 0.717) is 23.2 Å². The molecule has 264 valence electrons. The minimum atomic E-state index is -0.209. The van der Waals surface area contributed by atoms with Crippen molar-refractivity contribution in [2.45, 2.75) is 50.8 Å². The van der Waals surface area contributed by atoms with E-state index in [4.69, 9.17) is 28.4 Å². The van der Waals surface area contributed by atoms with Gasteiger partial charge in [-0.2, -0.15) is 0 Å². The first-order chi connectivity index (χ1) is 23.8. The predicted octanol–water partition coefficient (Wildman–Crippen LogP) is 11.4. The zero-order valence-corrected chi connectivity index (χ0v) is 34.5. The van der Waals surface area contributed by atoms with Crippen molar-refractivity contribution in [2.24, 2.45) is 0 Å². The van der Waals surface area contributed by atoms with Gasteiger partial charge in [0.15, 0.2) is 0 Å². The van der Waals surface area contributed by atoms with Crippen LogP contribution in [-0.4, -0.2) is 42.7 Å². The lowest BCUT2D eigenvalue weighted by Gasteiger charge is -2.34. The Morgan fingerprint density at radius 3 is 1.51 bits per heavy atom. The van der Waals surface area contributed by atoms with Crippen LogP contribution in [0.25, 0.3) is 0 Å². The van der Waals surface area contributed by atoms with Crippen molar-refractivity contribution < 1.29 is 28.4 Å². The number of terminal acetylenes is 1. The fourth-order valence-corrected chi connectivity index (χ4v) is 8.33. The number of alkyl halides is 1. The Morgan fingerprint density at radius 1 is 0.592 bits per heavy atom. The van der Waals surface area contributed by atoms with E-state index in [2.05, 4.69) is 91.8 Å². The molecule has 0 aliphatic heterocycles. The fraction of sp³-hybridized carbons (Fsp3) is 0.350. The van der Waals surface area contributed by atoms with Crippen molar-refractivity contribution in [3.8, 4) is 47.3 Å². The van der Waals surface area contributed by atoms with E-state index in [1.807, 2.05) is 50.2 Å². The van der Waals surface area contributed by atoms with E-state index >= 15 is 0 Å². The third-order valence-electron chi connectivity index (χ3n) is 8.23. The van der Waals surface area contributed by atoms with Crippen molar-refractivity contribution in [3.05, 3.63) is 103 Å². The summed E-state index contributed by atoms with van der Waals surface area (Å²) in [6, 6.07) is 20.4. The molecule has 0 aromatic heterocycles. The molecule has 4 aromatic carbocycles. The number of ether oxygens (including phenoxy) is 6. The van der Waals surface area contributed by atoms with Crippen molar-refractivity contribution in [3.63, 3.8) is 0 Å². The summed E-state index contributed by atoms with van der Waals surface area (Å²) >= 11 is 11.7. The van der Waals surface area contributed by atoms with Crippen LogP contribution in [-0.2, 0) is 11.8 Å². The van der Waals surface area contributed by atoms with Gasteiger partial charge in [0, 0.05) is 40.9 Å². The SMILES string of the molecule is C#C.CC.CCC(c1ccc(OC)cc1)C(c1c(OC)cc(OC)c(Br)c1CBr)c1c(Br)c(OC)cc(OC)c1Cc1ccc(OC)cc1. The molecule has 0 N–H and O–H groups in total. The van der Waals surface area contributed by atoms with Crippen LogP contribution in [0.2, 0.25) is 0 Å². The van der Waals surface area contributed by atoms with Crippen LogP contribution in [0.15, 0.2) is 69.6 Å². The Balaban J connectivity index is 0.00000201. The molecule has 0 saturated heterocycles. The second-order valence-electron chi connectivity index (χ2n) is 10.4. The van der Waals surface area contributed by atoms with Gasteiger partial charge >= 0.3 is 0 Å². The summed E-state index contributed by atoms with van der Waals surface area (Å²) in [6.45, 7) is 6.22. The van der Waals surface area contributed by atoms with E-state index < -0.39 is 0 Å². The van der Waals surface area contributed by atoms with Crippen molar-refractivity contribution >= 4 is 47.8 Å². The zero-order valence-electron chi connectivity index (χ0n) is 29.8. The molecule has 9 heteroatoms. The molecule has 0 radical (unpaired) electrons. The normalized spacial score (nSPS) is 11.5. The molecule has 0 aliphatic rings. The number of benzene rings is 4. The first-order valence-electron chi connectivity index (χ1n) is 15.8. The van der Waals surface area contributed by atoms with E-state index in [1.54, 1.807) is 42.7 Å². The van der Waals surface area contributed by atoms with Gasteiger partial charge in [-0.1, -0.05) is 61.0 Å². The van der Waals surface area contributed by atoms with Crippen molar-refractivity contribution in [1.29, 1.82) is 0 Å². The number of hydrogen-bond acceptors (Lipinski definition) is 6. The molecular weight excluding hydrogens is 816 g/mol. The fourth-order valence-electron chi connectivity index (χ4n) is 5.98. The van der Waals surface area contributed by atoms with Crippen LogP contribution in [0.3, 0.4) is 0 Å². The second kappa shape index (κ2) is 21.0. The van der Waals surface area contributed by atoms with Gasteiger partial charge in [-0.25, -0.2) is 0 Å². The molecular formula is C40H47Br3O6. The van der Waals surface area contributed by atoms with Gasteiger partial charge in [0.2, 0.25) is 0 Å². The van der Waals surface area contributed by atoms with Crippen molar-refractivity contribution in [1.82, 2.24) is 0 Å². The molecule has 2 atom stereocenters. The molecule has 2 unspecified atom stereocenters. The number of methoxy groups -OCH3 is 6. The summed E-state index contributed by atoms with van der Waals surface area (Å²) in [4.78, 5) is 0. The maximum absolute atomic E-state index is 6.16. The average Bonchev–Trinajstić information content (AvgIpc) is 3.16. The van der Waals surface area contributed by atoms with Gasteiger partial charge in [-0.15, -0.1) is 12.8 Å². The largest absolute Gasteiger partial charge is 0.497 e. The Labute approximate surface area is 318 Å². The summed E-state index contributed by atoms with van der Waals surface area (Å²) in [6.07, 6.45) is 9.45. The quantitative estimate of drug-likeness (QED) is 0.0930. The maximum Gasteiger partial charge on any atom is 0.137 e. The summed E-state index contributed by atoms with van der Waals surface area (Å²) in [7, 11) is 10.1. The first-order valence-corrected chi connectivity index (χ1v) is 18.5.